The maximum atomic E-state index is 12.7. The summed E-state index contributed by atoms with van der Waals surface area (Å²) in [4.78, 5) is 6.10. The van der Waals surface area contributed by atoms with E-state index in [-0.39, 0.29) is 28.2 Å². The van der Waals surface area contributed by atoms with Crippen molar-refractivity contribution in [2.45, 2.75) is 24.8 Å². The smallest absolute Gasteiger partial charge is 0.264 e. The van der Waals surface area contributed by atoms with Gasteiger partial charge in [0.05, 0.1) is 22.2 Å². The number of hydrogen-bond donors (Lipinski definition) is 1. The number of aromatic nitrogens is 4. The van der Waals surface area contributed by atoms with Crippen LogP contribution in [0.1, 0.15) is 24.1 Å². The number of hydrogen-bond acceptors (Lipinski definition) is 9. The minimum Gasteiger partial charge on any atom is -0.455 e. The van der Waals surface area contributed by atoms with E-state index < -0.39 is 10.0 Å². The number of benzene rings is 2. The normalized spacial score (nSPS) is 14.2. The Labute approximate surface area is 213 Å². The van der Waals surface area contributed by atoms with Crippen LogP contribution in [0.2, 0.25) is 0 Å². The zero-order chi connectivity index (χ0) is 25.3. The average molecular weight is 522 g/mol. The fourth-order valence-electron chi connectivity index (χ4n) is 4.07. The molecular weight excluding hydrogens is 498 g/mol. The van der Waals surface area contributed by atoms with E-state index in [4.69, 9.17) is 4.74 Å². The van der Waals surface area contributed by atoms with E-state index in [0.29, 0.717) is 5.75 Å². The molecule has 0 atom stereocenters. The topological polar surface area (TPSA) is 126 Å². The van der Waals surface area contributed by atoms with Gasteiger partial charge in [-0.05, 0) is 61.4 Å². The number of likely N-dealkylation sites (tertiary alicyclic amines) is 1. The second-order valence-electron chi connectivity index (χ2n) is 8.40. The Morgan fingerprint density at radius 2 is 2.00 bits per heavy atom. The molecule has 0 bridgehead atoms. The van der Waals surface area contributed by atoms with Crippen LogP contribution in [0.4, 0.5) is 5.95 Å². The number of anilines is 1. The zero-order valence-electron chi connectivity index (χ0n) is 19.6. The molecular formula is C24H23N7O3S2. The third kappa shape index (κ3) is 4.68. The second-order valence-corrected chi connectivity index (χ2v) is 10.7. The first kappa shape index (κ1) is 23.9. The SMILES string of the molecule is CCN1CC(n2nccc2-c2cc(C)ccc2Oc2ccc(S(=O)(=O)Nc3ncsn3)cc2C#N)C1. The number of ether oxygens (including phenoxy) is 1. The van der Waals surface area contributed by atoms with Crippen molar-refractivity contribution < 1.29 is 13.2 Å². The van der Waals surface area contributed by atoms with Crippen molar-refractivity contribution in [1.29, 1.82) is 5.26 Å². The predicted molar refractivity (Wildman–Crippen MR) is 135 cm³/mol. The molecule has 4 aromatic rings. The van der Waals surface area contributed by atoms with Gasteiger partial charge in [-0.2, -0.15) is 14.7 Å². The summed E-state index contributed by atoms with van der Waals surface area (Å²) < 4.78 is 39.8. The molecule has 1 saturated heterocycles. The average Bonchev–Trinajstić information content (AvgIpc) is 3.52. The Morgan fingerprint density at radius 1 is 1.19 bits per heavy atom. The third-order valence-corrected chi connectivity index (χ3v) is 7.80. The van der Waals surface area contributed by atoms with Crippen LogP contribution in [0.25, 0.3) is 11.3 Å². The summed E-state index contributed by atoms with van der Waals surface area (Å²) >= 11 is 1.03. The van der Waals surface area contributed by atoms with E-state index in [0.717, 1.165) is 48.0 Å². The van der Waals surface area contributed by atoms with Crippen molar-refractivity contribution in [2.24, 2.45) is 0 Å². The van der Waals surface area contributed by atoms with Crippen molar-refractivity contribution in [3.8, 4) is 28.8 Å². The minimum atomic E-state index is -3.96. The molecule has 0 aliphatic carbocycles. The van der Waals surface area contributed by atoms with Gasteiger partial charge < -0.3 is 4.74 Å². The zero-order valence-corrected chi connectivity index (χ0v) is 21.3. The highest BCUT2D eigenvalue weighted by atomic mass is 32.2. The summed E-state index contributed by atoms with van der Waals surface area (Å²) in [6.07, 6.45) is 1.78. The van der Waals surface area contributed by atoms with Crippen LogP contribution in [0.3, 0.4) is 0 Å². The largest absolute Gasteiger partial charge is 0.455 e. The maximum absolute atomic E-state index is 12.7. The molecule has 0 unspecified atom stereocenters. The lowest BCUT2D eigenvalue weighted by molar-refractivity contribution is 0.106. The first-order valence-corrected chi connectivity index (χ1v) is 13.6. The lowest BCUT2D eigenvalue weighted by Crippen LogP contribution is -2.47. The van der Waals surface area contributed by atoms with Gasteiger partial charge in [-0.3, -0.25) is 9.58 Å². The molecule has 36 heavy (non-hydrogen) atoms. The monoisotopic (exact) mass is 521 g/mol. The third-order valence-electron chi connectivity index (χ3n) is 6.00. The summed E-state index contributed by atoms with van der Waals surface area (Å²) in [5.41, 5.74) is 4.33. The summed E-state index contributed by atoms with van der Waals surface area (Å²) in [5.74, 6) is 0.777. The lowest BCUT2D eigenvalue weighted by atomic mass is 10.0. The number of rotatable bonds is 8. The maximum Gasteiger partial charge on any atom is 0.264 e. The first-order chi connectivity index (χ1) is 17.4. The van der Waals surface area contributed by atoms with Gasteiger partial charge in [0.15, 0.2) is 0 Å². The second kappa shape index (κ2) is 9.69. The van der Waals surface area contributed by atoms with Crippen LogP contribution in [0, 0.1) is 18.3 Å². The molecule has 1 N–H and O–H groups in total. The van der Waals surface area contributed by atoms with E-state index in [1.165, 1.54) is 23.7 Å². The van der Waals surface area contributed by atoms with Crippen molar-refractivity contribution >= 4 is 27.5 Å². The number of nitrogens with zero attached hydrogens (tertiary/aromatic N) is 6. The van der Waals surface area contributed by atoms with Gasteiger partial charge in [-0.1, -0.05) is 18.6 Å². The highest BCUT2D eigenvalue weighted by molar-refractivity contribution is 7.92. The molecule has 0 amide bonds. The standard InChI is InChI=1S/C24H23N7O3S2/c1-3-30-13-18(14-30)31-21(8-9-27-31)20-10-16(2)4-6-23(20)34-22-7-5-19(11-17(22)12-25)36(32,33)29-24-26-15-35-28-24/h4-11,15,18H,3,13-14H2,1-2H3,(H,28,29). The van der Waals surface area contributed by atoms with E-state index in [1.807, 2.05) is 41.9 Å². The molecule has 0 spiro atoms. The summed E-state index contributed by atoms with van der Waals surface area (Å²) in [7, 11) is -3.96. The van der Waals surface area contributed by atoms with E-state index >= 15 is 0 Å². The molecule has 12 heteroatoms. The molecule has 10 nitrogen and oxygen atoms in total. The summed E-state index contributed by atoms with van der Waals surface area (Å²) in [6.45, 7) is 7.02. The van der Waals surface area contributed by atoms with Crippen LogP contribution in [-0.2, 0) is 10.0 Å². The van der Waals surface area contributed by atoms with Crippen molar-refractivity contribution in [2.75, 3.05) is 24.4 Å². The highest BCUT2D eigenvalue weighted by Crippen LogP contribution is 2.37. The van der Waals surface area contributed by atoms with Gasteiger partial charge in [-0.25, -0.2) is 18.1 Å². The van der Waals surface area contributed by atoms with Gasteiger partial charge in [0, 0.05) is 24.8 Å². The quantitative estimate of drug-likeness (QED) is 0.368. The number of sulfonamides is 1. The number of aryl methyl sites for hydroxylation is 1. The number of likely N-dealkylation sites (N-methyl/N-ethyl adjacent to an activating group) is 1. The van der Waals surface area contributed by atoms with E-state index in [2.05, 4.69) is 31.0 Å². The summed E-state index contributed by atoms with van der Waals surface area (Å²) in [6, 6.07) is 14.2. The van der Waals surface area contributed by atoms with Crippen LogP contribution < -0.4 is 9.46 Å². The van der Waals surface area contributed by atoms with Crippen molar-refractivity contribution in [3.63, 3.8) is 0 Å². The lowest BCUT2D eigenvalue weighted by Gasteiger charge is -2.39. The van der Waals surface area contributed by atoms with Crippen molar-refractivity contribution in [1.82, 2.24) is 24.0 Å². The van der Waals surface area contributed by atoms with Crippen LogP contribution in [0.15, 0.2) is 59.1 Å². The molecule has 2 aromatic heterocycles. The molecule has 1 aliphatic rings. The fourth-order valence-corrected chi connectivity index (χ4v) is 5.49. The molecule has 1 aliphatic heterocycles. The Hall–Kier alpha value is -3.79. The fraction of sp³-hybridized carbons (Fsp3) is 0.250. The Bertz CT molecular complexity index is 1540. The van der Waals surface area contributed by atoms with Crippen LogP contribution >= 0.6 is 11.5 Å². The molecule has 184 valence electrons. The molecule has 2 aromatic carbocycles. The van der Waals surface area contributed by atoms with E-state index in [9.17, 15) is 13.7 Å². The van der Waals surface area contributed by atoms with Gasteiger partial charge in [-0.15, -0.1) is 0 Å². The number of nitrogens with one attached hydrogen (secondary N) is 1. The highest BCUT2D eigenvalue weighted by Gasteiger charge is 2.29. The Kier molecular flexibility index (Phi) is 6.44. The molecule has 1 fully saturated rings. The molecule has 3 heterocycles. The van der Waals surface area contributed by atoms with Gasteiger partial charge in [0.2, 0.25) is 5.95 Å². The summed E-state index contributed by atoms with van der Waals surface area (Å²) in [5, 5.41) is 14.3. The Morgan fingerprint density at radius 3 is 2.72 bits per heavy atom. The predicted octanol–water partition coefficient (Wildman–Crippen LogP) is 4.05. The van der Waals surface area contributed by atoms with Gasteiger partial charge >= 0.3 is 0 Å². The molecule has 0 radical (unpaired) electrons. The van der Waals surface area contributed by atoms with Gasteiger partial charge in [0.1, 0.15) is 23.1 Å². The van der Waals surface area contributed by atoms with Gasteiger partial charge in [0.25, 0.3) is 10.0 Å². The van der Waals surface area contributed by atoms with Crippen molar-refractivity contribution in [3.05, 3.63) is 65.3 Å². The minimum absolute atomic E-state index is 0.0201. The molecule has 0 saturated carbocycles. The van der Waals surface area contributed by atoms with E-state index in [1.54, 1.807) is 6.20 Å². The molecule has 5 rings (SSSR count). The number of nitriles is 1. The van der Waals surface area contributed by atoms with Crippen LogP contribution in [-0.4, -0.2) is 52.1 Å². The Balaban J connectivity index is 1.46. The van der Waals surface area contributed by atoms with Crippen LogP contribution in [0.5, 0.6) is 11.5 Å². The first-order valence-electron chi connectivity index (χ1n) is 11.3.